The zero-order valence-electron chi connectivity index (χ0n) is 10.1. The predicted molar refractivity (Wildman–Crippen MR) is 64.1 cm³/mol. The van der Waals surface area contributed by atoms with Crippen molar-refractivity contribution in [2.24, 2.45) is 5.92 Å². The highest BCUT2D eigenvalue weighted by molar-refractivity contribution is 7.89. The molecule has 1 saturated heterocycles. The average molecular weight is 289 g/mol. The smallest absolute Gasteiger partial charge is 0.340 e. The first-order valence-corrected chi connectivity index (χ1v) is 7.28. The summed E-state index contributed by atoms with van der Waals surface area (Å²) >= 11 is 0. The van der Waals surface area contributed by atoms with Crippen LogP contribution >= 0.6 is 0 Å². The van der Waals surface area contributed by atoms with E-state index in [1.165, 1.54) is 4.31 Å². The van der Waals surface area contributed by atoms with Crippen molar-refractivity contribution in [3.05, 3.63) is 11.8 Å². The standard InChI is InChI=1S/C10H15N3O5S/c14-4-2-7-1-3-13(6-7)19(17,18)9-8(10(15)16)5-11-12-9/h5,7,14H,1-4,6H2,(H,11,12)(H,15,16). The molecule has 0 spiro atoms. The fourth-order valence-corrected chi connectivity index (χ4v) is 3.78. The van der Waals surface area contributed by atoms with Gasteiger partial charge in [0.2, 0.25) is 0 Å². The number of H-pyrrole nitrogens is 1. The van der Waals surface area contributed by atoms with Gasteiger partial charge in [0.25, 0.3) is 10.0 Å². The number of aromatic amines is 1. The quantitative estimate of drug-likeness (QED) is 0.671. The number of sulfonamides is 1. The molecule has 19 heavy (non-hydrogen) atoms. The molecule has 1 fully saturated rings. The van der Waals surface area contributed by atoms with Crippen molar-refractivity contribution < 1.29 is 23.4 Å². The van der Waals surface area contributed by atoms with Crippen LogP contribution in [0, 0.1) is 5.92 Å². The van der Waals surface area contributed by atoms with Crippen molar-refractivity contribution in [1.82, 2.24) is 14.5 Å². The van der Waals surface area contributed by atoms with Gasteiger partial charge in [-0.3, -0.25) is 5.10 Å². The van der Waals surface area contributed by atoms with Crippen LogP contribution in [-0.2, 0) is 10.0 Å². The van der Waals surface area contributed by atoms with E-state index in [1.54, 1.807) is 0 Å². The van der Waals surface area contributed by atoms with Gasteiger partial charge >= 0.3 is 5.97 Å². The first kappa shape index (κ1) is 14.0. The number of carboxylic acid groups (broad SMARTS) is 1. The third-order valence-electron chi connectivity index (χ3n) is 3.22. The van der Waals surface area contributed by atoms with Crippen molar-refractivity contribution in [2.45, 2.75) is 17.9 Å². The van der Waals surface area contributed by atoms with Crippen LogP contribution in [0.2, 0.25) is 0 Å². The molecule has 0 bridgehead atoms. The Bertz CT molecular complexity index is 567. The summed E-state index contributed by atoms with van der Waals surface area (Å²) in [5.74, 6) is -1.23. The molecule has 1 aliphatic rings. The maximum atomic E-state index is 12.3. The maximum absolute atomic E-state index is 12.3. The lowest BCUT2D eigenvalue weighted by Gasteiger charge is -2.15. The van der Waals surface area contributed by atoms with E-state index in [2.05, 4.69) is 10.2 Å². The number of aromatic carboxylic acids is 1. The minimum absolute atomic E-state index is 0.0169. The Morgan fingerprint density at radius 1 is 1.58 bits per heavy atom. The summed E-state index contributed by atoms with van der Waals surface area (Å²) in [6.45, 7) is 0.634. The normalized spacial score (nSPS) is 20.8. The molecule has 2 heterocycles. The highest BCUT2D eigenvalue weighted by atomic mass is 32.2. The van der Waals surface area contributed by atoms with Crippen molar-refractivity contribution in [3.8, 4) is 0 Å². The van der Waals surface area contributed by atoms with Crippen molar-refractivity contribution in [3.63, 3.8) is 0 Å². The van der Waals surface area contributed by atoms with Gasteiger partial charge in [-0.05, 0) is 18.8 Å². The molecule has 1 aliphatic heterocycles. The zero-order chi connectivity index (χ0) is 14.0. The lowest BCUT2D eigenvalue weighted by molar-refractivity contribution is 0.0692. The number of aliphatic hydroxyl groups is 1. The number of aromatic nitrogens is 2. The SMILES string of the molecule is O=C(O)c1cn[nH]c1S(=O)(=O)N1CCC(CCO)C1. The molecule has 2 rings (SSSR count). The van der Waals surface area contributed by atoms with Gasteiger partial charge < -0.3 is 10.2 Å². The number of nitrogens with zero attached hydrogens (tertiary/aromatic N) is 2. The summed E-state index contributed by atoms with van der Waals surface area (Å²) in [6, 6.07) is 0. The van der Waals surface area contributed by atoms with E-state index in [0.717, 1.165) is 6.20 Å². The third kappa shape index (κ3) is 2.62. The summed E-state index contributed by atoms with van der Waals surface area (Å²) in [5, 5.41) is 23.1. The first-order valence-electron chi connectivity index (χ1n) is 5.84. The van der Waals surface area contributed by atoms with E-state index in [9.17, 15) is 13.2 Å². The molecule has 0 aromatic carbocycles. The number of aliphatic hydroxyl groups excluding tert-OH is 1. The molecule has 0 aliphatic carbocycles. The second-order valence-electron chi connectivity index (χ2n) is 4.45. The maximum Gasteiger partial charge on any atom is 0.340 e. The highest BCUT2D eigenvalue weighted by Crippen LogP contribution is 2.26. The summed E-state index contributed by atoms with van der Waals surface area (Å²) in [4.78, 5) is 10.9. The fraction of sp³-hybridized carbons (Fsp3) is 0.600. The number of hydrogen-bond acceptors (Lipinski definition) is 5. The Morgan fingerprint density at radius 2 is 2.32 bits per heavy atom. The molecule has 1 unspecified atom stereocenters. The fourth-order valence-electron chi connectivity index (χ4n) is 2.19. The van der Waals surface area contributed by atoms with Crippen LogP contribution in [0.5, 0.6) is 0 Å². The van der Waals surface area contributed by atoms with Crippen molar-refractivity contribution in [2.75, 3.05) is 19.7 Å². The van der Waals surface area contributed by atoms with Crippen LogP contribution in [0.3, 0.4) is 0 Å². The van der Waals surface area contributed by atoms with Crippen LogP contribution in [0.1, 0.15) is 23.2 Å². The van der Waals surface area contributed by atoms with Crippen LogP contribution in [0.25, 0.3) is 0 Å². The Morgan fingerprint density at radius 3 is 2.95 bits per heavy atom. The van der Waals surface area contributed by atoms with E-state index in [1.807, 2.05) is 0 Å². The second-order valence-corrected chi connectivity index (χ2v) is 6.32. The van der Waals surface area contributed by atoms with Crippen LogP contribution in [0.15, 0.2) is 11.2 Å². The molecule has 0 amide bonds. The van der Waals surface area contributed by atoms with Gasteiger partial charge in [0.1, 0.15) is 5.56 Å². The lowest BCUT2D eigenvalue weighted by atomic mass is 10.1. The molecule has 1 aromatic rings. The van der Waals surface area contributed by atoms with E-state index < -0.39 is 16.0 Å². The van der Waals surface area contributed by atoms with Gasteiger partial charge in [0.05, 0.1) is 6.20 Å². The van der Waals surface area contributed by atoms with Gasteiger partial charge in [0.15, 0.2) is 5.03 Å². The van der Waals surface area contributed by atoms with Crippen molar-refractivity contribution in [1.29, 1.82) is 0 Å². The van der Waals surface area contributed by atoms with E-state index in [0.29, 0.717) is 25.9 Å². The van der Waals surface area contributed by atoms with Gasteiger partial charge in [-0.25, -0.2) is 13.2 Å². The van der Waals surface area contributed by atoms with E-state index >= 15 is 0 Å². The molecule has 106 valence electrons. The van der Waals surface area contributed by atoms with Gasteiger partial charge in [-0.1, -0.05) is 0 Å². The number of carboxylic acids is 1. The number of hydrogen-bond donors (Lipinski definition) is 3. The number of nitrogens with one attached hydrogen (secondary N) is 1. The van der Waals surface area contributed by atoms with Crippen LogP contribution < -0.4 is 0 Å². The molecule has 1 aromatic heterocycles. The third-order valence-corrected chi connectivity index (χ3v) is 5.06. The summed E-state index contributed by atoms with van der Waals surface area (Å²) in [7, 11) is -3.87. The monoisotopic (exact) mass is 289 g/mol. The molecule has 1 atom stereocenters. The summed E-state index contributed by atoms with van der Waals surface area (Å²) in [5.41, 5.74) is -0.356. The van der Waals surface area contributed by atoms with Gasteiger partial charge in [0, 0.05) is 19.7 Å². The molecule has 3 N–H and O–H groups in total. The van der Waals surface area contributed by atoms with Gasteiger partial charge in [-0.2, -0.15) is 9.40 Å². The Balaban J connectivity index is 2.24. The molecule has 9 heteroatoms. The zero-order valence-corrected chi connectivity index (χ0v) is 10.9. The predicted octanol–water partition coefficient (Wildman–Crippen LogP) is -0.499. The van der Waals surface area contributed by atoms with Crippen LogP contribution in [0.4, 0.5) is 0 Å². The minimum Gasteiger partial charge on any atom is -0.478 e. The van der Waals surface area contributed by atoms with Crippen molar-refractivity contribution >= 4 is 16.0 Å². The number of rotatable bonds is 5. The second kappa shape index (κ2) is 5.27. The van der Waals surface area contributed by atoms with Crippen LogP contribution in [-0.4, -0.2) is 58.8 Å². The molecular formula is C10H15N3O5S. The Labute approximate surface area is 110 Å². The Hall–Kier alpha value is -1.45. The van der Waals surface area contributed by atoms with E-state index in [4.69, 9.17) is 10.2 Å². The molecule has 8 nitrogen and oxygen atoms in total. The summed E-state index contributed by atoms with van der Waals surface area (Å²) < 4.78 is 25.8. The molecule has 0 radical (unpaired) electrons. The number of carbonyl (C=O) groups is 1. The molecular weight excluding hydrogens is 274 g/mol. The molecule has 0 saturated carbocycles. The minimum atomic E-state index is -3.87. The topological polar surface area (TPSA) is 124 Å². The largest absolute Gasteiger partial charge is 0.478 e. The van der Waals surface area contributed by atoms with E-state index in [-0.39, 0.29) is 23.1 Å². The van der Waals surface area contributed by atoms with Gasteiger partial charge in [-0.15, -0.1) is 0 Å². The highest BCUT2D eigenvalue weighted by Gasteiger charge is 2.35. The summed E-state index contributed by atoms with van der Waals surface area (Å²) in [6.07, 6.45) is 2.19. The Kier molecular flexibility index (Phi) is 3.88. The lowest BCUT2D eigenvalue weighted by Crippen LogP contribution is -2.30. The first-order chi connectivity index (χ1) is 8.96. The average Bonchev–Trinajstić information content (AvgIpc) is 2.97.